The van der Waals surface area contributed by atoms with Crippen molar-refractivity contribution in [3.8, 4) is 11.4 Å². The topological polar surface area (TPSA) is 25.8 Å². The Morgan fingerprint density at radius 2 is 1.62 bits per heavy atom. The summed E-state index contributed by atoms with van der Waals surface area (Å²) in [5, 5.41) is 0. The predicted octanol–water partition coefficient (Wildman–Crippen LogP) is 4.11. The van der Waals surface area contributed by atoms with Crippen LogP contribution in [0, 0.1) is 5.92 Å². The molecule has 0 bridgehead atoms. The molecule has 1 aliphatic rings. The monoisotopic (exact) mass is 293 g/mol. The Bertz CT molecular complexity index is 569. The van der Waals surface area contributed by atoms with Gasteiger partial charge >= 0.3 is 0 Å². The van der Waals surface area contributed by atoms with Crippen LogP contribution in [0.3, 0.4) is 0 Å². The van der Waals surface area contributed by atoms with E-state index >= 15 is 0 Å². The molecule has 1 heterocycles. The molecule has 1 fully saturated rings. The third-order valence-electron chi connectivity index (χ3n) is 4.57. The zero-order chi connectivity index (χ0) is 14.7. The molecule has 0 atom stereocenters. The molecule has 1 aliphatic carbocycles. The highest BCUT2D eigenvalue weighted by Gasteiger charge is 2.19. The summed E-state index contributed by atoms with van der Waals surface area (Å²) in [6.45, 7) is 2.37. The molecule has 3 heteroatoms. The number of hydrogen-bond acceptors (Lipinski definition) is 2. The van der Waals surface area contributed by atoms with Crippen LogP contribution in [0.4, 0.5) is 0 Å². The van der Waals surface area contributed by atoms with Crippen LogP contribution >= 0.6 is 0 Å². The van der Waals surface area contributed by atoms with Gasteiger partial charge in [-0.25, -0.2) is 9.97 Å². The fraction of sp³-hybridized carbons (Fsp3) is 0.444. The summed E-state index contributed by atoms with van der Waals surface area (Å²) in [6, 6.07) is 9.64. The summed E-state index contributed by atoms with van der Waals surface area (Å²) in [6.07, 6.45) is 9.15. The van der Waals surface area contributed by atoms with Crippen molar-refractivity contribution in [2.75, 3.05) is 0 Å². The third kappa shape index (κ3) is 3.41. The Morgan fingerprint density at radius 3 is 2.19 bits per heavy atom. The normalized spacial score (nSPS) is 22.2. The molecule has 2 aromatic rings. The van der Waals surface area contributed by atoms with Gasteiger partial charge in [-0.2, -0.15) is 0 Å². The van der Waals surface area contributed by atoms with E-state index in [1.54, 1.807) is 0 Å². The summed E-state index contributed by atoms with van der Waals surface area (Å²) in [7, 11) is 3.46. The summed E-state index contributed by atoms with van der Waals surface area (Å²) in [5.41, 5.74) is 3.68. The molecule has 0 N–H and O–H groups in total. The lowest BCUT2D eigenvalue weighted by molar-refractivity contribution is 0.348. The molecular weight excluding hydrogens is 272 g/mol. The number of hydrogen-bond donors (Lipinski definition) is 0. The number of aromatic nitrogens is 2. The molecule has 3 rings (SSSR count). The van der Waals surface area contributed by atoms with Gasteiger partial charge in [0.05, 0.1) is 0 Å². The molecule has 0 saturated heterocycles. The maximum Gasteiger partial charge on any atom is 0.159 e. The lowest BCUT2D eigenvalue weighted by Crippen LogP contribution is -2.10. The summed E-state index contributed by atoms with van der Waals surface area (Å²) < 4.78 is 0. The highest BCUT2D eigenvalue weighted by molar-refractivity contribution is 6.08. The number of nitrogens with zero attached hydrogens (tertiary/aromatic N) is 2. The van der Waals surface area contributed by atoms with E-state index in [1.807, 2.05) is 12.4 Å². The van der Waals surface area contributed by atoms with Crippen molar-refractivity contribution < 1.29 is 0 Å². The van der Waals surface area contributed by atoms with Gasteiger partial charge in [0.15, 0.2) is 5.82 Å². The molecule has 0 spiro atoms. The van der Waals surface area contributed by atoms with Crippen LogP contribution in [-0.4, -0.2) is 20.2 Å². The van der Waals surface area contributed by atoms with E-state index in [4.69, 9.17) is 0 Å². The van der Waals surface area contributed by atoms with Crippen molar-refractivity contribution in [2.24, 2.45) is 5.92 Å². The largest absolute Gasteiger partial charge is 0.236 e. The lowest BCUT2D eigenvalue weighted by Gasteiger charge is -2.26. The van der Waals surface area contributed by atoms with Crippen LogP contribution in [-0.2, 0) is 6.04 Å². The van der Waals surface area contributed by atoms with E-state index in [-0.39, 0.29) is 0 Å². The first-order valence-electron chi connectivity index (χ1n) is 7.82. The number of benzene rings is 1. The van der Waals surface area contributed by atoms with Crippen LogP contribution in [0.15, 0.2) is 36.7 Å². The maximum atomic E-state index is 4.43. The van der Waals surface area contributed by atoms with E-state index < -0.39 is 0 Å². The van der Waals surface area contributed by atoms with Gasteiger partial charge in [0.25, 0.3) is 0 Å². The minimum atomic E-state index is 0.742. The van der Waals surface area contributed by atoms with Gasteiger partial charge in [0, 0.05) is 28.2 Å². The van der Waals surface area contributed by atoms with Crippen molar-refractivity contribution in [1.29, 1.82) is 0 Å². The molecule has 1 saturated carbocycles. The highest BCUT2D eigenvalue weighted by Crippen LogP contribution is 2.35. The first-order valence-corrected chi connectivity index (χ1v) is 8.53. The second kappa shape index (κ2) is 6.52. The minimum Gasteiger partial charge on any atom is -0.236 e. The van der Waals surface area contributed by atoms with Gasteiger partial charge in [-0.05, 0) is 41.8 Å². The van der Waals surface area contributed by atoms with Crippen LogP contribution in [0.1, 0.15) is 49.7 Å². The van der Waals surface area contributed by atoms with Crippen molar-refractivity contribution in [3.05, 3.63) is 47.8 Å². The van der Waals surface area contributed by atoms with Crippen molar-refractivity contribution in [3.63, 3.8) is 0 Å². The Kier molecular flexibility index (Phi) is 4.49. The predicted molar refractivity (Wildman–Crippen MR) is 87.3 cm³/mol. The van der Waals surface area contributed by atoms with Gasteiger partial charge in [0.2, 0.25) is 0 Å². The molecule has 0 aliphatic heterocycles. The Balaban J connectivity index is 1.74. The second-order valence-corrected chi connectivity index (χ2v) is 6.52. The van der Waals surface area contributed by atoms with E-state index in [1.165, 1.54) is 31.2 Å². The zero-order valence-corrected chi connectivity index (χ0v) is 13.5. The Labute approximate surface area is 130 Å². The fourth-order valence-electron chi connectivity index (χ4n) is 3.09. The van der Waals surface area contributed by atoms with Gasteiger partial charge in [0.1, 0.15) is 0 Å². The van der Waals surface area contributed by atoms with E-state index in [0.29, 0.717) is 0 Å². The molecule has 21 heavy (non-hydrogen) atoms. The minimum absolute atomic E-state index is 0.742. The summed E-state index contributed by atoms with van der Waals surface area (Å²) in [5.74, 6) is 2.45. The SMILES string of the molecule is CC1CCC(c2ccc(-c3ncc(C[Si])cn3)cc2)CC1. The highest BCUT2D eigenvalue weighted by atomic mass is 28.1. The first kappa shape index (κ1) is 14.5. The van der Waals surface area contributed by atoms with Gasteiger partial charge < -0.3 is 0 Å². The standard InChI is InChI=1S/C18H21N2Si/c1-13-2-4-15(5-3-13)16-6-8-17(9-7-16)18-19-10-14(12-21)11-20-18/h6-11,13,15H,2-5,12H2,1H3. The molecule has 0 amide bonds. The van der Waals surface area contributed by atoms with Crippen LogP contribution in [0.2, 0.25) is 0 Å². The lowest BCUT2D eigenvalue weighted by atomic mass is 9.79. The number of rotatable bonds is 3. The molecule has 1 aromatic heterocycles. The van der Waals surface area contributed by atoms with Gasteiger partial charge in [-0.3, -0.25) is 0 Å². The van der Waals surface area contributed by atoms with Gasteiger partial charge in [-0.1, -0.05) is 44.0 Å². The van der Waals surface area contributed by atoms with E-state index in [9.17, 15) is 0 Å². The Hall–Kier alpha value is -1.48. The average molecular weight is 293 g/mol. The average Bonchev–Trinajstić information content (AvgIpc) is 2.56. The van der Waals surface area contributed by atoms with E-state index in [2.05, 4.69) is 51.4 Å². The Morgan fingerprint density at radius 1 is 1.00 bits per heavy atom. The zero-order valence-electron chi connectivity index (χ0n) is 12.5. The summed E-state index contributed by atoms with van der Waals surface area (Å²) >= 11 is 0. The molecule has 1 aromatic carbocycles. The maximum absolute atomic E-state index is 4.43. The summed E-state index contributed by atoms with van der Waals surface area (Å²) in [4.78, 5) is 8.86. The van der Waals surface area contributed by atoms with Crippen molar-refractivity contribution in [2.45, 2.75) is 44.6 Å². The molecule has 0 unspecified atom stereocenters. The van der Waals surface area contributed by atoms with Crippen LogP contribution in [0.25, 0.3) is 11.4 Å². The molecule has 107 valence electrons. The van der Waals surface area contributed by atoms with E-state index in [0.717, 1.165) is 34.8 Å². The smallest absolute Gasteiger partial charge is 0.159 e. The quantitative estimate of drug-likeness (QED) is 0.796. The van der Waals surface area contributed by atoms with Crippen LogP contribution in [0.5, 0.6) is 0 Å². The van der Waals surface area contributed by atoms with Crippen LogP contribution < -0.4 is 0 Å². The molecule has 2 nitrogen and oxygen atoms in total. The molecule has 3 radical (unpaired) electrons. The third-order valence-corrected chi connectivity index (χ3v) is 4.97. The second-order valence-electron chi connectivity index (χ2n) is 6.17. The molecular formula is C18H21N2Si. The first-order chi connectivity index (χ1) is 10.3. The van der Waals surface area contributed by atoms with Crippen molar-refractivity contribution in [1.82, 2.24) is 9.97 Å². The fourth-order valence-corrected chi connectivity index (χ4v) is 3.28. The van der Waals surface area contributed by atoms with Gasteiger partial charge in [-0.15, -0.1) is 0 Å². The van der Waals surface area contributed by atoms with Crippen molar-refractivity contribution >= 4 is 10.2 Å².